The Kier molecular flexibility index (Phi) is 24.2. The van der Waals surface area contributed by atoms with Crippen LogP contribution in [0.15, 0.2) is 0 Å². The SMILES string of the molecule is O=C([O-])CC(C(=O)[O-])S(=O)(=O)O.OCCOCCO.[Na+].[Na+]. The Balaban J connectivity index is -0.000000140. The minimum absolute atomic E-state index is 0. The van der Waals surface area contributed by atoms with Gasteiger partial charge in [-0.2, -0.15) is 8.42 Å². The van der Waals surface area contributed by atoms with E-state index in [1.807, 2.05) is 0 Å². The molecular formula is C8H14Na2O10S. The second-order valence-electron chi connectivity index (χ2n) is 2.96. The summed E-state index contributed by atoms with van der Waals surface area (Å²) in [4.78, 5) is 19.7. The van der Waals surface area contributed by atoms with Crippen molar-refractivity contribution >= 4 is 22.1 Å². The number of hydrogen-bond donors (Lipinski definition) is 3. The fraction of sp³-hybridized carbons (Fsp3) is 0.750. The zero-order valence-corrected chi connectivity index (χ0v) is 16.5. The number of carboxylic acid groups (broad SMARTS) is 2. The molecule has 3 N–H and O–H groups in total. The van der Waals surface area contributed by atoms with Crippen molar-refractivity contribution in [1.29, 1.82) is 0 Å². The number of aliphatic hydroxyl groups excluding tert-OH is 2. The van der Waals surface area contributed by atoms with Crippen LogP contribution in [0.25, 0.3) is 0 Å². The molecule has 0 saturated heterocycles. The Bertz CT molecular complexity index is 367. The van der Waals surface area contributed by atoms with E-state index in [2.05, 4.69) is 4.74 Å². The second kappa shape index (κ2) is 17.1. The number of hydrogen-bond acceptors (Lipinski definition) is 9. The maximum Gasteiger partial charge on any atom is 1.00 e. The summed E-state index contributed by atoms with van der Waals surface area (Å²) in [6.45, 7) is 0.696. The fourth-order valence-electron chi connectivity index (χ4n) is 0.693. The van der Waals surface area contributed by atoms with Crippen molar-refractivity contribution < 1.29 is 107 Å². The van der Waals surface area contributed by atoms with Crippen LogP contribution < -0.4 is 69.3 Å². The third-order valence-electron chi connectivity index (χ3n) is 1.45. The Labute approximate surface area is 165 Å². The molecule has 13 heteroatoms. The van der Waals surface area contributed by atoms with Gasteiger partial charge < -0.3 is 34.8 Å². The van der Waals surface area contributed by atoms with Crippen LogP contribution in [0.1, 0.15) is 6.42 Å². The number of aliphatic hydroxyl groups is 2. The van der Waals surface area contributed by atoms with E-state index in [1.54, 1.807) is 0 Å². The van der Waals surface area contributed by atoms with Gasteiger partial charge in [-0.15, -0.1) is 0 Å². The molecule has 0 aromatic rings. The number of carbonyl (C=O) groups excluding carboxylic acids is 2. The molecule has 0 spiro atoms. The summed E-state index contributed by atoms with van der Waals surface area (Å²) in [5.74, 6) is -4.08. The van der Waals surface area contributed by atoms with Gasteiger partial charge in [0.15, 0.2) is 0 Å². The van der Waals surface area contributed by atoms with Crippen molar-refractivity contribution in [3.63, 3.8) is 0 Å². The van der Waals surface area contributed by atoms with Crippen LogP contribution in [-0.2, 0) is 24.4 Å². The standard InChI is InChI=1S/C4H6O7S.C4H10O3.2Na/c5-3(6)1-2(4(7)8)12(9,10)11;5-1-3-7-4-2-6;;/h2H,1H2,(H,5,6)(H,7,8)(H,9,10,11);5-6H,1-4H2;;/q;;2*+1/p-2. The van der Waals surface area contributed by atoms with Crippen LogP contribution in [0, 0.1) is 0 Å². The molecule has 0 aromatic carbocycles. The van der Waals surface area contributed by atoms with Gasteiger partial charge in [0.2, 0.25) is 0 Å². The van der Waals surface area contributed by atoms with Crippen molar-refractivity contribution in [2.24, 2.45) is 0 Å². The molecule has 0 fully saturated rings. The van der Waals surface area contributed by atoms with E-state index < -0.39 is 33.7 Å². The van der Waals surface area contributed by atoms with Crippen molar-refractivity contribution in [2.45, 2.75) is 11.7 Å². The number of ether oxygens (including phenoxy) is 1. The molecule has 1 unspecified atom stereocenters. The molecule has 0 saturated carbocycles. The van der Waals surface area contributed by atoms with E-state index >= 15 is 0 Å². The summed E-state index contributed by atoms with van der Waals surface area (Å²) in [6, 6.07) is 0. The van der Waals surface area contributed by atoms with Crippen LogP contribution in [0.2, 0.25) is 0 Å². The Morgan fingerprint density at radius 1 is 1.05 bits per heavy atom. The molecule has 0 aliphatic rings. The van der Waals surface area contributed by atoms with Crippen molar-refractivity contribution in [2.75, 3.05) is 26.4 Å². The molecule has 0 radical (unpaired) electrons. The Morgan fingerprint density at radius 2 is 1.43 bits per heavy atom. The fourth-order valence-corrected chi connectivity index (χ4v) is 1.28. The maximum atomic E-state index is 10.2. The topological polar surface area (TPSA) is 184 Å². The first kappa shape index (κ1) is 29.7. The van der Waals surface area contributed by atoms with Gasteiger partial charge in [-0.3, -0.25) is 4.55 Å². The molecule has 0 amide bonds. The molecule has 0 bridgehead atoms. The third kappa shape index (κ3) is 20.7. The number of aliphatic carboxylic acids is 2. The number of carboxylic acids is 2. The van der Waals surface area contributed by atoms with Gasteiger partial charge in [0, 0.05) is 12.4 Å². The monoisotopic (exact) mass is 348 g/mol. The zero-order valence-electron chi connectivity index (χ0n) is 11.7. The number of carbonyl (C=O) groups is 2. The molecule has 1 atom stereocenters. The third-order valence-corrected chi connectivity index (χ3v) is 2.52. The van der Waals surface area contributed by atoms with Crippen LogP contribution in [-0.4, -0.2) is 66.8 Å². The number of rotatable bonds is 8. The minimum atomic E-state index is -4.94. The normalized spacial score (nSPS) is 11.0. The molecular weight excluding hydrogens is 334 g/mol. The van der Waals surface area contributed by atoms with E-state index in [4.69, 9.17) is 14.8 Å². The zero-order chi connectivity index (χ0) is 15.5. The molecule has 0 rings (SSSR count). The van der Waals surface area contributed by atoms with E-state index in [0.717, 1.165) is 0 Å². The van der Waals surface area contributed by atoms with Gasteiger partial charge in [-0.05, 0) is 0 Å². The smallest absolute Gasteiger partial charge is 0.550 e. The van der Waals surface area contributed by atoms with Crippen LogP contribution in [0.3, 0.4) is 0 Å². The van der Waals surface area contributed by atoms with Crippen molar-refractivity contribution in [3.05, 3.63) is 0 Å². The summed E-state index contributed by atoms with van der Waals surface area (Å²) in [5, 5.41) is 33.4. The van der Waals surface area contributed by atoms with Crippen molar-refractivity contribution in [3.8, 4) is 0 Å². The summed E-state index contributed by atoms with van der Waals surface area (Å²) in [5.41, 5.74) is 0. The first-order valence-electron chi connectivity index (χ1n) is 4.83. The largest absolute Gasteiger partial charge is 1.00 e. The quantitative estimate of drug-likeness (QED) is 0.216. The maximum absolute atomic E-state index is 10.2. The summed E-state index contributed by atoms with van der Waals surface area (Å²) in [6.07, 6.45) is -1.33. The summed E-state index contributed by atoms with van der Waals surface area (Å²) < 4.78 is 33.1. The molecule has 0 aromatic heterocycles. The van der Waals surface area contributed by atoms with Gasteiger partial charge in [0.1, 0.15) is 5.25 Å². The van der Waals surface area contributed by atoms with E-state index in [-0.39, 0.29) is 72.3 Å². The predicted octanol–water partition coefficient (Wildman–Crippen LogP) is -10.9. The molecule has 0 aliphatic carbocycles. The van der Waals surface area contributed by atoms with Crippen LogP contribution in [0.4, 0.5) is 0 Å². The first-order valence-corrected chi connectivity index (χ1v) is 6.33. The van der Waals surface area contributed by atoms with E-state index in [0.29, 0.717) is 13.2 Å². The van der Waals surface area contributed by atoms with Gasteiger partial charge in [-0.25, -0.2) is 0 Å². The van der Waals surface area contributed by atoms with Gasteiger partial charge in [0.05, 0.1) is 32.4 Å². The molecule has 0 heterocycles. The average Bonchev–Trinajstić information content (AvgIpc) is 2.25. The van der Waals surface area contributed by atoms with Crippen LogP contribution >= 0.6 is 0 Å². The Hall–Kier alpha value is 0.730. The summed E-state index contributed by atoms with van der Waals surface area (Å²) in [7, 11) is -4.94. The summed E-state index contributed by atoms with van der Waals surface area (Å²) >= 11 is 0. The second-order valence-corrected chi connectivity index (χ2v) is 4.56. The molecule has 10 nitrogen and oxygen atoms in total. The van der Waals surface area contributed by atoms with Crippen molar-refractivity contribution in [1.82, 2.24) is 0 Å². The predicted molar refractivity (Wildman–Crippen MR) is 55.0 cm³/mol. The molecule has 0 aliphatic heterocycles. The molecule has 21 heavy (non-hydrogen) atoms. The van der Waals surface area contributed by atoms with Gasteiger partial charge in [-0.1, -0.05) is 0 Å². The average molecular weight is 348 g/mol. The minimum Gasteiger partial charge on any atom is -0.550 e. The van der Waals surface area contributed by atoms with Crippen LogP contribution in [0.5, 0.6) is 0 Å². The van der Waals surface area contributed by atoms with Gasteiger partial charge >= 0.3 is 59.1 Å². The van der Waals surface area contributed by atoms with E-state index in [9.17, 15) is 28.2 Å². The van der Waals surface area contributed by atoms with E-state index in [1.165, 1.54) is 0 Å². The molecule has 114 valence electrons. The van der Waals surface area contributed by atoms with Gasteiger partial charge in [0.25, 0.3) is 10.1 Å². The first-order chi connectivity index (χ1) is 8.66. The Morgan fingerprint density at radius 3 is 1.57 bits per heavy atom.